The van der Waals surface area contributed by atoms with Crippen molar-refractivity contribution in [3.8, 4) is 0 Å². The van der Waals surface area contributed by atoms with Gasteiger partial charge in [-0.2, -0.15) is 0 Å². The lowest BCUT2D eigenvalue weighted by Gasteiger charge is -2.43. The minimum atomic E-state index is -0.445. The fourth-order valence-corrected chi connectivity index (χ4v) is 5.72. The van der Waals surface area contributed by atoms with Crippen molar-refractivity contribution in [2.24, 2.45) is 5.92 Å². The van der Waals surface area contributed by atoms with Gasteiger partial charge in [-0.15, -0.1) is 0 Å². The number of fused-ring (bicyclic) bond motifs is 1. The zero-order valence-corrected chi connectivity index (χ0v) is 19.8. The Balaban J connectivity index is 1.30. The lowest BCUT2D eigenvalue weighted by molar-refractivity contribution is -0.123. The second kappa shape index (κ2) is 9.47. The maximum atomic E-state index is 12.6. The first-order valence-electron chi connectivity index (χ1n) is 11.9. The van der Waals surface area contributed by atoms with Crippen molar-refractivity contribution >= 4 is 34.1 Å². The van der Waals surface area contributed by atoms with E-state index in [2.05, 4.69) is 28.2 Å². The molecular weight excluding hydrogens is 442 g/mol. The van der Waals surface area contributed by atoms with Crippen LogP contribution in [-0.2, 0) is 14.3 Å². The fraction of sp³-hybridized carbons (Fsp3) is 0.600. The molecule has 1 amide bonds. The molecule has 178 valence electrons. The Morgan fingerprint density at radius 3 is 2.70 bits per heavy atom. The molecule has 0 bridgehead atoms. The molecule has 5 rings (SSSR count). The van der Waals surface area contributed by atoms with Crippen LogP contribution in [0, 0.1) is 5.92 Å². The van der Waals surface area contributed by atoms with E-state index in [0.717, 1.165) is 66.7 Å². The van der Waals surface area contributed by atoms with Gasteiger partial charge >= 0.3 is 0 Å². The van der Waals surface area contributed by atoms with E-state index in [4.69, 9.17) is 21.1 Å². The molecule has 8 heteroatoms. The van der Waals surface area contributed by atoms with E-state index in [1.165, 1.54) is 0 Å². The summed E-state index contributed by atoms with van der Waals surface area (Å²) in [5.74, 6) is 0.763. The van der Waals surface area contributed by atoms with Crippen molar-refractivity contribution in [2.45, 2.75) is 50.2 Å². The third-order valence-electron chi connectivity index (χ3n) is 7.66. The molecule has 3 fully saturated rings. The Morgan fingerprint density at radius 2 is 2.00 bits per heavy atom. The predicted molar refractivity (Wildman–Crippen MR) is 128 cm³/mol. The van der Waals surface area contributed by atoms with Crippen molar-refractivity contribution in [1.29, 1.82) is 0 Å². The molecule has 33 heavy (non-hydrogen) atoms. The number of amides is 1. The number of hydrogen-bond donors (Lipinski definition) is 2. The minimum Gasteiger partial charge on any atom is -0.389 e. The van der Waals surface area contributed by atoms with Crippen LogP contribution in [-0.4, -0.2) is 72.1 Å². The largest absolute Gasteiger partial charge is 0.389 e. The van der Waals surface area contributed by atoms with E-state index in [0.29, 0.717) is 31.6 Å². The number of rotatable bonds is 4. The van der Waals surface area contributed by atoms with Crippen LogP contribution >= 0.6 is 11.6 Å². The number of aliphatic hydroxyl groups is 1. The summed E-state index contributed by atoms with van der Waals surface area (Å²) in [5, 5.41) is 16.1. The van der Waals surface area contributed by atoms with Crippen LogP contribution in [0.1, 0.15) is 44.1 Å². The summed E-state index contributed by atoms with van der Waals surface area (Å²) in [4.78, 5) is 19.4. The SMILES string of the molecule is C[C@]1(N2CCC(c3cc4cc(NC(=O)[C@H]5CCCOC5)ncc4cc3Cl)CC2)COC[C@H]1O. The normalized spacial score (nSPS) is 29.4. The van der Waals surface area contributed by atoms with Gasteiger partial charge in [0.05, 0.1) is 37.4 Å². The molecule has 7 nitrogen and oxygen atoms in total. The summed E-state index contributed by atoms with van der Waals surface area (Å²) >= 11 is 6.69. The lowest BCUT2D eigenvalue weighted by Crippen LogP contribution is -2.56. The molecule has 0 aliphatic carbocycles. The number of benzene rings is 1. The molecule has 3 saturated heterocycles. The first kappa shape index (κ1) is 23.0. The Bertz CT molecular complexity index is 1020. The highest BCUT2D eigenvalue weighted by Gasteiger charge is 2.45. The van der Waals surface area contributed by atoms with Gasteiger partial charge in [0.1, 0.15) is 5.82 Å². The number of carbonyl (C=O) groups is 1. The van der Waals surface area contributed by atoms with Gasteiger partial charge in [0.15, 0.2) is 0 Å². The number of anilines is 1. The second-order valence-corrected chi connectivity index (χ2v) is 10.3. The number of hydrogen-bond acceptors (Lipinski definition) is 6. The number of aliphatic hydroxyl groups excluding tert-OH is 1. The molecule has 0 saturated carbocycles. The summed E-state index contributed by atoms with van der Waals surface area (Å²) in [5.41, 5.74) is 0.835. The van der Waals surface area contributed by atoms with E-state index in [1.807, 2.05) is 12.1 Å². The molecule has 4 heterocycles. The summed E-state index contributed by atoms with van der Waals surface area (Å²) in [7, 11) is 0. The number of nitrogens with zero attached hydrogens (tertiary/aromatic N) is 2. The highest BCUT2D eigenvalue weighted by Crippen LogP contribution is 2.38. The Labute approximate surface area is 199 Å². The summed E-state index contributed by atoms with van der Waals surface area (Å²) in [6.07, 6.45) is 5.03. The molecule has 3 aliphatic rings. The van der Waals surface area contributed by atoms with E-state index < -0.39 is 6.10 Å². The number of likely N-dealkylation sites (tertiary alicyclic amines) is 1. The van der Waals surface area contributed by atoms with Gasteiger partial charge in [0, 0.05) is 23.2 Å². The second-order valence-electron chi connectivity index (χ2n) is 9.84. The predicted octanol–water partition coefficient (Wildman–Crippen LogP) is 3.58. The van der Waals surface area contributed by atoms with E-state index in [1.54, 1.807) is 6.20 Å². The average molecular weight is 474 g/mol. The summed E-state index contributed by atoms with van der Waals surface area (Å²) in [6.45, 7) is 6.08. The third-order valence-corrected chi connectivity index (χ3v) is 7.99. The maximum absolute atomic E-state index is 12.6. The van der Waals surface area contributed by atoms with Gasteiger partial charge in [-0.25, -0.2) is 4.98 Å². The number of ether oxygens (including phenoxy) is 2. The van der Waals surface area contributed by atoms with Gasteiger partial charge in [0.25, 0.3) is 0 Å². The molecule has 0 spiro atoms. The summed E-state index contributed by atoms with van der Waals surface area (Å²) < 4.78 is 11.0. The lowest BCUT2D eigenvalue weighted by atomic mass is 9.85. The van der Waals surface area contributed by atoms with Crippen molar-refractivity contribution in [1.82, 2.24) is 9.88 Å². The quantitative estimate of drug-likeness (QED) is 0.706. The number of halogens is 1. The third kappa shape index (κ3) is 4.62. The number of pyridine rings is 1. The van der Waals surface area contributed by atoms with Crippen LogP contribution < -0.4 is 5.32 Å². The zero-order valence-electron chi connectivity index (χ0n) is 19.1. The molecule has 2 N–H and O–H groups in total. The van der Waals surface area contributed by atoms with Crippen molar-refractivity contribution in [3.63, 3.8) is 0 Å². The van der Waals surface area contributed by atoms with Crippen LogP contribution in [0.15, 0.2) is 24.4 Å². The topological polar surface area (TPSA) is 83.9 Å². The molecular formula is C25H32ClN3O4. The maximum Gasteiger partial charge on any atom is 0.230 e. The van der Waals surface area contributed by atoms with Gasteiger partial charge in [-0.1, -0.05) is 11.6 Å². The standard InChI is InChI=1S/C25H32ClN3O4/c1-25(15-33-14-22(25)30)29-6-4-16(5-7-29)20-9-18-11-23(27-12-19(18)10-21(20)26)28-24(31)17-3-2-8-32-13-17/h9-12,16-17,22,30H,2-8,13-15H2,1H3,(H,27,28,31)/t17-,22+,25-/m0/s1. The molecule has 1 aromatic carbocycles. The highest BCUT2D eigenvalue weighted by atomic mass is 35.5. The number of aromatic nitrogens is 1. The van der Waals surface area contributed by atoms with Crippen molar-refractivity contribution in [2.75, 3.05) is 44.8 Å². The van der Waals surface area contributed by atoms with Gasteiger partial charge in [-0.3, -0.25) is 9.69 Å². The van der Waals surface area contributed by atoms with Crippen molar-refractivity contribution < 1.29 is 19.4 Å². The Kier molecular flexibility index (Phi) is 6.60. The molecule has 3 aliphatic heterocycles. The monoisotopic (exact) mass is 473 g/mol. The fourth-order valence-electron chi connectivity index (χ4n) is 5.40. The van der Waals surface area contributed by atoms with E-state index in [-0.39, 0.29) is 17.4 Å². The molecule has 0 radical (unpaired) electrons. The first-order valence-corrected chi connectivity index (χ1v) is 12.3. The van der Waals surface area contributed by atoms with Gasteiger partial charge < -0.3 is 19.9 Å². The van der Waals surface area contributed by atoms with E-state index >= 15 is 0 Å². The number of piperidine rings is 1. The minimum absolute atomic E-state index is 0.0327. The Hall–Kier alpha value is -1.77. The number of nitrogens with one attached hydrogen (secondary N) is 1. The molecule has 0 unspecified atom stereocenters. The smallest absolute Gasteiger partial charge is 0.230 e. The van der Waals surface area contributed by atoms with Crippen LogP contribution in [0.4, 0.5) is 5.82 Å². The van der Waals surface area contributed by atoms with Crippen LogP contribution in [0.25, 0.3) is 10.8 Å². The van der Waals surface area contributed by atoms with Crippen molar-refractivity contribution in [3.05, 3.63) is 35.0 Å². The van der Waals surface area contributed by atoms with Crippen LogP contribution in [0.2, 0.25) is 5.02 Å². The first-order chi connectivity index (χ1) is 15.9. The van der Waals surface area contributed by atoms with Crippen LogP contribution in [0.3, 0.4) is 0 Å². The molecule has 3 atom stereocenters. The average Bonchev–Trinajstić information content (AvgIpc) is 3.18. The Morgan fingerprint density at radius 1 is 1.18 bits per heavy atom. The number of carbonyl (C=O) groups excluding carboxylic acids is 1. The van der Waals surface area contributed by atoms with Gasteiger partial charge in [-0.05, 0) is 80.8 Å². The zero-order chi connectivity index (χ0) is 23.0. The summed E-state index contributed by atoms with van der Waals surface area (Å²) in [6, 6.07) is 6.05. The van der Waals surface area contributed by atoms with Gasteiger partial charge in [0.2, 0.25) is 5.91 Å². The molecule has 2 aromatic rings. The van der Waals surface area contributed by atoms with E-state index in [9.17, 15) is 9.90 Å². The molecule has 1 aromatic heterocycles. The van der Waals surface area contributed by atoms with Crippen LogP contribution in [0.5, 0.6) is 0 Å². The highest BCUT2D eigenvalue weighted by molar-refractivity contribution is 6.32.